The van der Waals surface area contributed by atoms with E-state index >= 15 is 0 Å². The zero-order valence-corrected chi connectivity index (χ0v) is 14.9. The molecule has 0 radical (unpaired) electrons. The Kier molecular flexibility index (Phi) is 18.0. The summed E-state index contributed by atoms with van der Waals surface area (Å²) in [6, 6.07) is 0. The van der Waals surface area contributed by atoms with Gasteiger partial charge in [-0.15, -0.1) is 0 Å². The highest BCUT2D eigenvalue weighted by atomic mass is 16.7. The second kappa shape index (κ2) is 18.5. The second-order valence-electron chi connectivity index (χ2n) is 5.46. The number of rotatable bonds is 17. The minimum atomic E-state index is -0.0537. The molecule has 4 heteroatoms. The SMILES string of the molecule is CCCCCOC(CCCC=COCOC)OCCCCC. The van der Waals surface area contributed by atoms with E-state index in [4.69, 9.17) is 18.9 Å². The van der Waals surface area contributed by atoms with E-state index in [2.05, 4.69) is 13.8 Å². The largest absolute Gasteiger partial charge is 0.476 e. The molecule has 22 heavy (non-hydrogen) atoms. The van der Waals surface area contributed by atoms with Crippen LogP contribution < -0.4 is 0 Å². The van der Waals surface area contributed by atoms with E-state index in [0.29, 0.717) is 6.79 Å². The van der Waals surface area contributed by atoms with Gasteiger partial charge in [0.15, 0.2) is 13.1 Å². The summed E-state index contributed by atoms with van der Waals surface area (Å²) in [4.78, 5) is 0. The van der Waals surface area contributed by atoms with Gasteiger partial charge in [-0.25, -0.2) is 0 Å². The first-order chi connectivity index (χ1) is 10.8. The van der Waals surface area contributed by atoms with Crippen molar-refractivity contribution in [3.63, 3.8) is 0 Å². The summed E-state index contributed by atoms with van der Waals surface area (Å²) in [5.74, 6) is 0. The van der Waals surface area contributed by atoms with Crippen LogP contribution in [-0.4, -0.2) is 33.4 Å². The third-order valence-corrected chi connectivity index (χ3v) is 3.29. The Morgan fingerprint density at radius 1 is 0.864 bits per heavy atom. The van der Waals surface area contributed by atoms with Crippen LogP contribution >= 0.6 is 0 Å². The predicted octanol–water partition coefficient (Wildman–Crippen LogP) is 5.03. The van der Waals surface area contributed by atoms with Gasteiger partial charge >= 0.3 is 0 Å². The molecule has 0 rings (SSSR count). The molecule has 0 heterocycles. The molecule has 0 aliphatic carbocycles. The van der Waals surface area contributed by atoms with Gasteiger partial charge < -0.3 is 18.9 Å². The Hall–Kier alpha value is -0.580. The number of ether oxygens (including phenoxy) is 4. The summed E-state index contributed by atoms with van der Waals surface area (Å²) in [6.45, 7) is 6.33. The first kappa shape index (κ1) is 21.4. The maximum Gasteiger partial charge on any atom is 0.187 e. The average molecular weight is 316 g/mol. The molecular formula is C18H36O4. The van der Waals surface area contributed by atoms with E-state index in [0.717, 1.165) is 45.3 Å². The van der Waals surface area contributed by atoms with Gasteiger partial charge in [0.2, 0.25) is 0 Å². The van der Waals surface area contributed by atoms with Crippen molar-refractivity contribution in [2.75, 3.05) is 27.1 Å². The van der Waals surface area contributed by atoms with Crippen LogP contribution in [-0.2, 0) is 18.9 Å². The molecule has 0 spiro atoms. The highest BCUT2D eigenvalue weighted by molar-refractivity contribution is 4.73. The van der Waals surface area contributed by atoms with E-state index in [-0.39, 0.29) is 6.29 Å². The van der Waals surface area contributed by atoms with E-state index in [1.807, 2.05) is 6.08 Å². The molecule has 4 nitrogen and oxygen atoms in total. The molecule has 0 aliphatic rings. The van der Waals surface area contributed by atoms with Crippen LogP contribution in [0.1, 0.15) is 71.6 Å². The third-order valence-electron chi connectivity index (χ3n) is 3.29. The minimum absolute atomic E-state index is 0.0537. The van der Waals surface area contributed by atoms with Crippen LogP contribution in [0.4, 0.5) is 0 Å². The monoisotopic (exact) mass is 316 g/mol. The van der Waals surface area contributed by atoms with Gasteiger partial charge in [-0.05, 0) is 38.2 Å². The van der Waals surface area contributed by atoms with Crippen molar-refractivity contribution in [3.05, 3.63) is 12.3 Å². The third kappa shape index (κ3) is 15.8. The number of hydrogen-bond acceptors (Lipinski definition) is 4. The molecule has 0 aromatic rings. The van der Waals surface area contributed by atoms with E-state index < -0.39 is 0 Å². The Bertz CT molecular complexity index is 219. The average Bonchev–Trinajstić information content (AvgIpc) is 2.53. The van der Waals surface area contributed by atoms with Crippen molar-refractivity contribution in [1.29, 1.82) is 0 Å². The number of methoxy groups -OCH3 is 1. The zero-order valence-electron chi connectivity index (χ0n) is 14.9. The van der Waals surface area contributed by atoms with Crippen molar-refractivity contribution in [3.8, 4) is 0 Å². The van der Waals surface area contributed by atoms with Crippen LogP contribution in [0, 0.1) is 0 Å². The molecule has 0 aliphatic heterocycles. The van der Waals surface area contributed by atoms with Gasteiger partial charge in [0.25, 0.3) is 0 Å². The molecule has 0 N–H and O–H groups in total. The lowest BCUT2D eigenvalue weighted by Gasteiger charge is -2.18. The maximum absolute atomic E-state index is 5.87. The summed E-state index contributed by atoms with van der Waals surface area (Å²) in [7, 11) is 1.62. The molecule has 0 bridgehead atoms. The highest BCUT2D eigenvalue weighted by Crippen LogP contribution is 2.10. The smallest absolute Gasteiger partial charge is 0.187 e. The summed E-state index contributed by atoms with van der Waals surface area (Å²) >= 11 is 0. The fraction of sp³-hybridized carbons (Fsp3) is 0.889. The molecule has 0 fully saturated rings. The number of unbranched alkanes of at least 4 members (excludes halogenated alkanes) is 5. The van der Waals surface area contributed by atoms with Crippen molar-refractivity contribution in [2.45, 2.75) is 77.9 Å². The summed E-state index contributed by atoms with van der Waals surface area (Å²) in [5, 5.41) is 0. The van der Waals surface area contributed by atoms with Crippen LogP contribution in [0.5, 0.6) is 0 Å². The molecule has 0 amide bonds. The van der Waals surface area contributed by atoms with Gasteiger partial charge in [0, 0.05) is 20.3 Å². The van der Waals surface area contributed by atoms with Gasteiger partial charge in [0.1, 0.15) is 0 Å². The summed E-state index contributed by atoms with van der Waals surface area (Å²) < 4.78 is 21.7. The lowest BCUT2D eigenvalue weighted by molar-refractivity contribution is -0.147. The normalized spacial score (nSPS) is 11.6. The Morgan fingerprint density at radius 3 is 2.05 bits per heavy atom. The quantitative estimate of drug-likeness (QED) is 0.214. The molecular weight excluding hydrogens is 280 g/mol. The molecule has 0 saturated carbocycles. The fourth-order valence-electron chi connectivity index (χ4n) is 1.99. The summed E-state index contributed by atoms with van der Waals surface area (Å²) in [6.07, 6.45) is 13.7. The minimum Gasteiger partial charge on any atom is -0.476 e. The standard InChI is InChI=1S/C18H36O4/c1-4-6-10-15-21-18(22-16-11-7-5-2)13-9-8-12-14-20-17-19-3/h12,14,18H,4-11,13,15-17H2,1-3H3. The lowest BCUT2D eigenvalue weighted by atomic mass is 10.2. The molecule has 132 valence electrons. The van der Waals surface area contributed by atoms with Gasteiger partial charge in [-0.3, -0.25) is 0 Å². The topological polar surface area (TPSA) is 36.9 Å². The molecule has 0 atom stereocenters. The van der Waals surface area contributed by atoms with Gasteiger partial charge in [0.05, 0.1) is 6.26 Å². The van der Waals surface area contributed by atoms with Gasteiger partial charge in [-0.2, -0.15) is 0 Å². The van der Waals surface area contributed by atoms with Gasteiger partial charge in [-0.1, -0.05) is 39.5 Å². The van der Waals surface area contributed by atoms with Crippen LogP contribution in [0.2, 0.25) is 0 Å². The first-order valence-electron chi connectivity index (χ1n) is 8.83. The van der Waals surface area contributed by atoms with Crippen LogP contribution in [0.3, 0.4) is 0 Å². The Morgan fingerprint density at radius 2 is 1.50 bits per heavy atom. The fourth-order valence-corrected chi connectivity index (χ4v) is 1.99. The molecule has 0 aromatic heterocycles. The van der Waals surface area contributed by atoms with Crippen LogP contribution in [0.15, 0.2) is 12.3 Å². The lowest BCUT2D eigenvalue weighted by Crippen LogP contribution is -2.18. The van der Waals surface area contributed by atoms with E-state index in [1.54, 1.807) is 13.4 Å². The molecule has 0 unspecified atom stereocenters. The zero-order chi connectivity index (χ0) is 16.3. The second-order valence-corrected chi connectivity index (χ2v) is 5.46. The maximum atomic E-state index is 5.87. The highest BCUT2D eigenvalue weighted by Gasteiger charge is 2.08. The Balaban J connectivity index is 3.77. The van der Waals surface area contributed by atoms with Crippen LogP contribution in [0.25, 0.3) is 0 Å². The van der Waals surface area contributed by atoms with Crippen molar-refractivity contribution in [2.24, 2.45) is 0 Å². The van der Waals surface area contributed by atoms with E-state index in [1.165, 1.54) is 25.7 Å². The molecule has 0 aromatic carbocycles. The Labute approximate surface area is 137 Å². The first-order valence-corrected chi connectivity index (χ1v) is 8.83. The molecule has 0 saturated heterocycles. The summed E-state index contributed by atoms with van der Waals surface area (Å²) in [5.41, 5.74) is 0. The van der Waals surface area contributed by atoms with Crippen molar-refractivity contribution >= 4 is 0 Å². The number of allylic oxidation sites excluding steroid dienone is 1. The van der Waals surface area contributed by atoms with Crippen molar-refractivity contribution < 1.29 is 18.9 Å². The number of hydrogen-bond donors (Lipinski definition) is 0. The predicted molar refractivity (Wildman–Crippen MR) is 90.7 cm³/mol. The van der Waals surface area contributed by atoms with Crippen molar-refractivity contribution in [1.82, 2.24) is 0 Å². The van der Waals surface area contributed by atoms with E-state index in [9.17, 15) is 0 Å².